The zero-order chi connectivity index (χ0) is 23.9. The molecule has 0 unspecified atom stereocenters. The van der Waals surface area contributed by atoms with Crippen LogP contribution in [0, 0.1) is 0 Å². The fraction of sp³-hybridized carbons (Fsp3) is 0.345. The van der Waals surface area contributed by atoms with Crippen molar-refractivity contribution in [1.82, 2.24) is 9.80 Å². The molecule has 2 saturated heterocycles. The molecule has 2 aliphatic heterocycles. The quantitative estimate of drug-likeness (QED) is 0.564. The number of nitrogens with zero attached hydrogens (tertiary/aromatic N) is 3. The summed E-state index contributed by atoms with van der Waals surface area (Å²) in [6.45, 7) is 9.39. The topological polar surface area (TPSA) is 48.1 Å². The average Bonchev–Trinajstić information content (AvgIpc) is 2.91. The molecule has 2 heterocycles. The molecule has 0 radical (unpaired) electrons. The van der Waals surface area contributed by atoms with Crippen LogP contribution in [-0.2, 0) is 17.8 Å². The third-order valence-corrected chi connectivity index (χ3v) is 6.81. The molecule has 1 N–H and O–H groups in total. The lowest BCUT2D eigenvalue weighted by atomic mass is 10.1. The summed E-state index contributed by atoms with van der Waals surface area (Å²) in [5.74, 6) is -0.0731. The number of carbonyl (C=O) groups excluding carboxylic acids is 1. The van der Waals surface area contributed by atoms with Gasteiger partial charge in [-0.3, -0.25) is 14.6 Å². The van der Waals surface area contributed by atoms with Crippen LogP contribution in [0.5, 0.6) is 0 Å². The lowest BCUT2D eigenvalue weighted by molar-refractivity contribution is 0.0342. The molecule has 2 fully saturated rings. The Bertz CT molecular complexity index is 1090. The lowest BCUT2D eigenvalue weighted by Crippen LogP contribution is -2.45. The molecular weight excluding hydrogens is 436 g/mol. The van der Waals surface area contributed by atoms with Crippen molar-refractivity contribution in [3.63, 3.8) is 0 Å². The third kappa shape index (κ3) is 6.48. The fourth-order valence-electron chi connectivity index (χ4n) is 4.79. The summed E-state index contributed by atoms with van der Waals surface area (Å²) in [6, 6.07) is 26.8. The van der Waals surface area contributed by atoms with Crippen LogP contribution in [0.3, 0.4) is 0 Å². The minimum Gasteiger partial charge on any atom is -0.379 e. The smallest absolute Gasteiger partial charge is 0.255 e. The van der Waals surface area contributed by atoms with Crippen LogP contribution in [-0.4, -0.2) is 68.2 Å². The van der Waals surface area contributed by atoms with E-state index in [1.165, 1.54) is 11.3 Å². The number of amides is 1. The van der Waals surface area contributed by atoms with Crippen LogP contribution in [0.1, 0.15) is 21.5 Å². The first-order chi connectivity index (χ1) is 17.2. The minimum absolute atomic E-state index is 0.0731. The maximum Gasteiger partial charge on any atom is 0.255 e. The Morgan fingerprint density at radius 3 is 2.11 bits per heavy atom. The van der Waals surface area contributed by atoms with Gasteiger partial charge < -0.3 is 15.0 Å². The number of morpholine rings is 1. The van der Waals surface area contributed by atoms with Gasteiger partial charge in [0.1, 0.15) is 0 Å². The third-order valence-electron chi connectivity index (χ3n) is 6.81. The summed E-state index contributed by atoms with van der Waals surface area (Å²) in [5.41, 5.74) is 5.23. The van der Waals surface area contributed by atoms with Crippen molar-refractivity contribution in [3.05, 3.63) is 95.6 Å². The summed E-state index contributed by atoms with van der Waals surface area (Å²) in [5, 5.41) is 3.05. The second kappa shape index (κ2) is 11.5. The molecule has 3 aromatic rings. The number of hydrogen-bond donors (Lipinski definition) is 1. The van der Waals surface area contributed by atoms with E-state index in [-0.39, 0.29) is 5.91 Å². The molecule has 3 aromatic carbocycles. The van der Waals surface area contributed by atoms with E-state index in [2.05, 4.69) is 68.5 Å². The van der Waals surface area contributed by atoms with Gasteiger partial charge in [-0.1, -0.05) is 42.5 Å². The average molecular weight is 471 g/mol. The molecule has 182 valence electrons. The number of nitrogens with one attached hydrogen (secondary N) is 1. The van der Waals surface area contributed by atoms with E-state index in [0.29, 0.717) is 5.56 Å². The highest BCUT2D eigenvalue weighted by Gasteiger charge is 2.18. The van der Waals surface area contributed by atoms with Crippen LogP contribution >= 0.6 is 0 Å². The van der Waals surface area contributed by atoms with E-state index in [0.717, 1.165) is 76.8 Å². The molecule has 2 aliphatic rings. The lowest BCUT2D eigenvalue weighted by Gasteiger charge is -2.36. The maximum absolute atomic E-state index is 12.9. The van der Waals surface area contributed by atoms with Crippen molar-refractivity contribution >= 4 is 17.3 Å². The summed E-state index contributed by atoms with van der Waals surface area (Å²) >= 11 is 0. The van der Waals surface area contributed by atoms with Gasteiger partial charge in [0.05, 0.1) is 13.2 Å². The van der Waals surface area contributed by atoms with Crippen LogP contribution in [0.25, 0.3) is 0 Å². The summed E-state index contributed by atoms with van der Waals surface area (Å²) < 4.78 is 5.43. The van der Waals surface area contributed by atoms with E-state index in [9.17, 15) is 4.79 Å². The van der Waals surface area contributed by atoms with E-state index in [1.54, 1.807) is 0 Å². The zero-order valence-corrected chi connectivity index (χ0v) is 20.2. The Morgan fingerprint density at radius 1 is 0.714 bits per heavy atom. The molecule has 0 saturated carbocycles. The molecule has 0 aromatic heterocycles. The maximum atomic E-state index is 12.9. The second-order valence-electron chi connectivity index (χ2n) is 9.34. The Hall–Kier alpha value is -3.19. The first kappa shape index (κ1) is 23.5. The van der Waals surface area contributed by atoms with Gasteiger partial charge in [-0.2, -0.15) is 0 Å². The first-order valence-electron chi connectivity index (χ1n) is 12.5. The molecule has 0 spiro atoms. The summed E-state index contributed by atoms with van der Waals surface area (Å²) in [6.07, 6.45) is 0. The highest BCUT2D eigenvalue weighted by molar-refractivity contribution is 6.04. The number of hydrogen-bond acceptors (Lipinski definition) is 5. The molecular formula is C29H34N4O2. The number of piperazine rings is 1. The van der Waals surface area contributed by atoms with Crippen LogP contribution in [0.2, 0.25) is 0 Å². The number of anilines is 2. The number of carbonyl (C=O) groups is 1. The largest absolute Gasteiger partial charge is 0.379 e. The normalized spacial score (nSPS) is 17.3. The number of rotatable bonds is 7. The van der Waals surface area contributed by atoms with Gasteiger partial charge in [0.2, 0.25) is 0 Å². The van der Waals surface area contributed by atoms with Crippen molar-refractivity contribution in [2.24, 2.45) is 0 Å². The molecule has 0 aliphatic carbocycles. The van der Waals surface area contributed by atoms with Gasteiger partial charge >= 0.3 is 0 Å². The van der Waals surface area contributed by atoms with E-state index in [1.807, 2.05) is 30.3 Å². The SMILES string of the molecule is O=C(Nc1ccc(N2CCN(Cc3ccccc3)CC2)cc1)c1cccc(CN2CCOCC2)c1. The van der Waals surface area contributed by atoms with E-state index < -0.39 is 0 Å². The Morgan fingerprint density at radius 2 is 1.37 bits per heavy atom. The fourth-order valence-corrected chi connectivity index (χ4v) is 4.79. The highest BCUT2D eigenvalue weighted by Crippen LogP contribution is 2.21. The molecule has 0 atom stereocenters. The van der Waals surface area contributed by atoms with Gasteiger partial charge in [0, 0.05) is 69.3 Å². The molecule has 0 bridgehead atoms. The molecule has 35 heavy (non-hydrogen) atoms. The summed E-state index contributed by atoms with van der Waals surface area (Å²) in [7, 11) is 0. The van der Waals surface area contributed by atoms with E-state index >= 15 is 0 Å². The molecule has 1 amide bonds. The predicted octanol–water partition coefficient (Wildman–Crippen LogP) is 4.09. The second-order valence-corrected chi connectivity index (χ2v) is 9.34. The monoisotopic (exact) mass is 470 g/mol. The zero-order valence-electron chi connectivity index (χ0n) is 20.2. The molecule has 5 rings (SSSR count). The van der Waals surface area contributed by atoms with Gasteiger partial charge in [0.15, 0.2) is 0 Å². The highest BCUT2D eigenvalue weighted by atomic mass is 16.5. The summed E-state index contributed by atoms with van der Waals surface area (Å²) in [4.78, 5) is 20.2. The van der Waals surface area contributed by atoms with Crippen molar-refractivity contribution in [3.8, 4) is 0 Å². The molecule has 6 nitrogen and oxygen atoms in total. The van der Waals surface area contributed by atoms with Crippen LogP contribution < -0.4 is 10.2 Å². The standard InChI is InChI=1S/C29H34N4O2/c34-29(26-8-4-7-25(21-26)23-32-17-19-35-20-18-32)30-27-9-11-28(12-10-27)33-15-13-31(14-16-33)22-24-5-2-1-3-6-24/h1-12,21H,13-20,22-23H2,(H,30,34). The van der Waals surface area contributed by atoms with Crippen molar-refractivity contribution in [2.75, 3.05) is 62.7 Å². The van der Waals surface area contributed by atoms with Crippen LogP contribution in [0.4, 0.5) is 11.4 Å². The van der Waals surface area contributed by atoms with Gasteiger partial charge in [-0.05, 0) is 47.5 Å². The van der Waals surface area contributed by atoms with E-state index in [4.69, 9.17) is 4.74 Å². The Kier molecular flexibility index (Phi) is 7.73. The van der Waals surface area contributed by atoms with Gasteiger partial charge in [-0.15, -0.1) is 0 Å². The van der Waals surface area contributed by atoms with Crippen LogP contribution in [0.15, 0.2) is 78.9 Å². The van der Waals surface area contributed by atoms with Gasteiger partial charge in [0.25, 0.3) is 5.91 Å². The number of benzene rings is 3. The molecule has 6 heteroatoms. The Labute approximate surface area is 208 Å². The minimum atomic E-state index is -0.0731. The predicted molar refractivity (Wildman–Crippen MR) is 141 cm³/mol. The van der Waals surface area contributed by atoms with Gasteiger partial charge in [-0.25, -0.2) is 0 Å². The van der Waals surface area contributed by atoms with Crippen molar-refractivity contribution < 1.29 is 9.53 Å². The number of ether oxygens (including phenoxy) is 1. The van der Waals surface area contributed by atoms with Crippen molar-refractivity contribution in [1.29, 1.82) is 0 Å². The first-order valence-corrected chi connectivity index (χ1v) is 12.5. The Balaban J connectivity index is 1.13. The van der Waals surface area contributed by atoms with Crippen molar-refractivity contribution in [2.45, 2.75) is 13.1 Å².